The summed E-state index contributed by atoms with van der Waals surface area (Å²) in [6.07, 6.45) is -3.41. The Hall–Kier alpha value is -1.95. The van der Waals surface area contributed by atoms with Crippen LogP contribution in [0.2, 0.25) is 0 Å². The van der Waals surface area contributed by atoms with Crippen molar-refractivity contribution in [3.05, 3.63) is 47.3 Å². The normalized spacial score (nSPS) is 17.6. The molecule has 0 saturated carbocycles. The molecule has 11 heteroatoms. The number of thiophene rings is 1. The Morgan fingerprint density at radius 1 is 1.20 bits per heavy atom. The van der Waals surface area contributed by atoms with Gasteiger partial charge in [0.25, 0.3) is 0 Å². The number of amides is 1. The molecule has 164 valence electrons. The minimum atomic E-state index is -4.48. The van der Waals surface area contributed by atoms with E-state index < -0.39 is 33.7 Å². The molecule has 2 heterocycles. The van der Waals surface area contributed by atoms with Crippen molar-refractivity contribution in [3.63, 3.8) is 0 Å². The van der Waals surface area contributed by atoms with Gasteiger partial charge in [0.15, 0.2) is 0 Å². The SMILES string of the molecule is C[C@@H](C(=O)Nc1cccc(C(F)(F)F)c1)N1CCC(NS(=O)(=O)c2cccs2)CC1. The van der Waals surface area contributed by atoms with E-state index in [2.05, 4.69) is 10.0 Å². The van der Waals surface area contributed by atoms with Gasteiger partial charge in [0.05, 0.1) is 11.6 Å². The molecule has 0 radical (unpaired) electrons. The Bertz CT molecular complexity index is 970. The summed E-state index contributed by atoms with van der Waals surface area (Å²) in [5, 5.41) is 4.23. The fourth-order valence-corrected chi connectivity index (χ4v) is 5.60. The number of alkyl halides is 3. The molecule has 1 aliphatic rings. The lowest BCUT2D eigenvalue weighted by atomic mass is 10.0. The number of halogens is 3. The molecule has 0 bridgehead atoms. The average molecular weight is 462 g/mol. The molecule has 0 spiro atoms. The van der Waals surface area contributed by atoms with Crippen LogP contribution in [0.5, 0.6) is 0 Å². The second kappa shape index (κ2) is 9.04. The monoisotopic (exact) mass is 461 g/mol. The Balaban J connectivity index is 1.54. The van der Waals surface area contributed by atoms with Crippen LogP contribution in [0.4, 0.5) is 18.9 Å². The lowest BCUT2D eigenvalue weighted by Gasteiger charge is -2.35. The fraction of sp³-hybridized carbons (Fsp3) is 0.421. The smallest absolute Gasteiger partial charge is 0.325 e. The predicted molar refractivity (Wildman–Crippen MR) is 109 cm³/mol. The Morgan fingerprint density at radius 3 is 2.50 bits per heavy atom. The highest BCUT2D eigenvalue weighted by atomic mass is 32.2. The Morgan fingerprint density at radius 2 is 1.90 bits per heavy atom. The minimum absolute atomic E-state index is 0.0836. The van der Waals surface area contributed by atoms with Gasteiger partial charge < -0.3 is 5.32 Å². The number of sulfonamides is 1. The largest absolute Gasteiger partial charge is 0.416 e. The van der Waals surface area contributed by atoms with Gasteiger partial charge in [0.1, 0.15) is 4.21 Å². The maximum atomic E-state index is 12.8. The lowest BCUT2D eigenvalue weighted by molar-refractivity contribution is -0.137. The third-order valence-corrected chi connectivity index (χ3v) is 7.91. The topological polar surface area (TPSA) is 78.5 Å². The van der Waals surface area contributed by atoms with E-state index in [1.807, 2.05) is 4.90 Å². The van der Waals surface area contributed by atoms with Crippen molar-refractivity contribution in [2.75, 3.05) is 18.4 Å². The van der Waals surface area contributed by atoms with Crippen LogP contribution >= 0.6 is 11.3 Å². The van der Waals surface area contributed by atoms with Gasteiger partial charge in [-0.3, -0.25) is 9.69 Å². The fourth-order valence-electron chi connectivity index (χ4n) is 3.28. The standard InChI is InChI=1S/C19H22F3N3O3S2/c1-13(18(26)23-16-5-2-4-14(12-16)19(20,21)22)25-9-7-15(8-10-25)24-30(27,28)17-6-3-11-29-17/h2-6,11-13,15,24H,7-10H2,1H3,(H,23,26)/t13-/m0/s1. The molecule has 0 unspecified atom stereocenters. The summed E-state index contributed by atoms with van der Waals surface area (Å²) in [6, 6.07) is 6.92. The van der Waals surface area contributed by atoms with E-state index in [0.29, 0.717) is 25.9 Å². The summed E-state index contributed by atoms with van der Waals surface area (Å²) in [6.45, 7) is 2.67. The van der Waals surface area contributed by atoms with E-state index in [1.165, 1.54) is 12.1 Å². The van der Waals surface area contributed by atoms with Crippen LogP contribution in [0, 0.1) is 0 Å². The van der Waals surface area contributed by atoms with Gasteiger partial charge >= 0.3 is 6.18 Å². The molecule has 2 aromatic rings. The summed E-state index contributed by atoms with van der Waals surface area (Å²) < 4.78 is 66.1. The first kappa shape index (κ1) is 22.7. The van der Waals surface area contributed by atoms with E-state index in [4.69, 9.17) is 0 Å². The molecule has 2 N–H and O–H groups in total. The zero-order valence-electron chi connectivity index (χ0n) is 16.1. The van der Waals surface area contributed by atoms with E-state index in [0.717, 1.165) is 23.5 Å². The number of benzene rings is 1. The van der Waals surface area contributed by atoms with Crippen LogP contribution < -0.4 is 10.0 Å². The zero-order chi connectivity index (χ0) is 21.9. The maximum Gasteiger partial charge on any atom is 0.416 e. The van der Waals surface area contributed by atoms with Crippen molar-refractivity contribution in [1.82, 2.24) is 9.62 Å². The van der Waals surface area contributed by atoms with Gasteiger partial charge in [-0.2, -0.15) is 13.2 Å². The zero-order valence-corrected chi connectivity index (χ0v) is 17.8. The lowest BCUT2D eigenvalue weighted by Crippen LogP contribution is -2.50. The number of piperidine rings is 1. The molecule has 1 aliphatic heterocycles. The number of nitrogens with zero attached hydrogens (tertiary/aromatic N) is 1. The number of nitrogens with one attached hydrogen (secondary N) is 2. The molecule has 1 aromatic carbocycles. The number of carbonyl (C=O) groups excluding carboxylic acids is 1. The van der Waals surface area contributed by atoms with Crippen molar-refractivity contribution >= 4 is 33.0 Å². The first-order chi connectivity index (χ1) is 14.1. The molecule has 1 saturated heterocycles. The highest BCUT2D eigenvalue weighted by molar-refractivity contribution is 7.91. The van der Waals surface area contributed by atoms with E-state index >= 15 is 0 Å². The third kappa shape index (κ3) is 5.60. The number of hydrogen-bond acceptors (Lipinski definition) is 5. The molecule has 0 aliphatic carbocycles. The minimum Gasteiger partial charge on any atom is -0.325 e. The van der Waals surface area contributed by atoms with Crippen LogP contribution in [0.25, 0.3) is 0 Å². The van der Waals surface area contributed by atoms with Crippen LogP contribution in [0.1, 0.15) is 25.3 Å². The van der Waals surface area contributed by atoms with E-state index in [9.17, 15) is 26.4 Å². The number of likely N-dealkylation sites (tertiary alicyclic amines) is 1. The van der Waals surface area contributed by atoms with Gasteiger partial charge in [0, 0.05) is 24.8 Å². The van der Waals surface area contributed by atoms with E-state index in [-0.39, 0.29) is 15.9 Å². The first-order valence-corrected chi connectivity index (χ1v) is 11.7. The molecule has 1 aromatic heterocycles. The third-order valence-electron chi connectivity index (χ3n) is 5.00. The van der Waals surface area contributed by atoms with Crippen LogP contribution in [0.3, 0.4) is 0 Å². The predicted octanol–water partition coefficient (Wildman–Crippen LogP) is 3.54. The van der Waals surface area contributed by atoms with Crippen molar-refractivity contribution in [1.29, 1.82) is 0 Å². The van der Waals surface area contributed by atoms with Crippen LogP contribution in [0.15, 0.2) is 46.0 Å². The molecular weight excluding hydrogens is 439 g/mol. The van der Waals surface area contributed by atoms with Crippen LogP contribution in [-0.2, 0) is 21.0 Å². The van der Waals surface area contributed by atoms with Crippen molar-refractivity contribution in [2.45, 2.75) is 42.2 Å². The van der Waals surface area contributed by atoms with Gasteiger partial charge in [-0.1, -0.05) is 12.1 Å². The Labute approximate surface area is 177 Å². The van der Waals surface area contributed by atoms with Gasteiger partial charge in [0.2, 0.25) is 15.9 Å². The van der Waals surface area contributed by atoms with Crippen molar-refractivity contribution in [3.8, 4) is 0 Å². The molecule has 6 nitrogen and oxygen atoms in total. The molecule has 1 fully saturated rings. The summed E-state index contributed by atoms with van der Waals surface area (Å²) in [7, 11) is -3.55. The molecular formula is C19H22F3N3O3S2. The quantitative estimate of drug-likeness (QED) is 0.690. The summed E-state index contributed by atoms with van der Waals surface area (Å²) in [5.74, 6) is -0.410. The molecule has 3 rings (SSSR count). The number of anilines is 1. The second-order valence-corrected chi connectivity index (χ2v) is 10.00. The van der Waals surface area contributed by atoms with Crippen molar-refractivity contribution < 1.29 is 26.4 Å². The molecule has 1 atom stereocenters. The first-order valence-electron chi connectivity index (χ1n) is 9.34. The average Bonchev–Trinajstić information content (AvgIpc) is 3.23. The summed E-state index contributed by atoms with van der Waals surface area (Å²) in [5.41, 5.74) is -0.743. The number of rotatable bonds is 6. The highest BCUT2D eigenvalue weighted by Crippen LogP contribution is 2.30. The maximum absolute atomic E-state index is 12.8. The van der Waals surface area contributed by atoms with Gasteiger partial charge in [-0.25, -0.2) is 13.1 Å². The second-order valence-electron chi connectivity index (χ2n) is 7.11. The van der Waals surface area contributed by atoms with Gasteiger partial charge in [-0.15, -0.1) is 11.3 Å². The number of hydrogen-bond donors (Lipinski definition) is 2. The molecule has 1 amide bonds. The highest BCUT2D eigenvalue weighted by Gasteiger charge is 2.32. The van der Waals surface area contributed by atoms with Crippen molar-refractivity contribution in [2.24, 2.45) is 0 Å². The summed E-state index contributed by atoms with van der Waals surface area (Å²) in [4.78, 5) is 14.4. The molecule has 30 heavy (non-hydrogen) atoms. The Kier molecular flexibility index (Phi) is 6.85. The van der Waals surface area contributed by atoms with Crippen LogP contribution in [-0.4, -0.2) is 44.4 Å². The van der Waals surface area contributed by atoms with E-state index in [1.54, 1.807) is 24.4 Å². The van der Waals surface area contributed by atoms with Gasteiger partial charge in [-0.05, 0) is 49.4 Å². The number of carbonyl (C=O) groups is 1. The summed E-state index contributed by atoms with van der Waals surface area (Å²) >= 11 is 1.15.